The molecule has 1 spiro atoms. The maximum Gasteiger partial charge on any atom is 0.0740 e. The summed E-state index contributed by atoms with van der Waals surface area (Å²) in [5, 5.41) is 1.36. The molecule has 2 aliphatic carbocycles. The van der Waals surface area contributed by atoms with Crippen molar-refractivity contribution < 1.29 is 0 Å². The van der Waals surface area contributed by atoms with Gasteiger partial charge in [-0.25, -0.2) is 4.98 Å². The van der Waals surface area contributed by atoms with Crippen molar-refractivity contribution in [1.29, 1.82) is 0 Å². The van der Waals surface area contributed by atoms with Gasteiger partial charge >= 0.3 is 0 Å². The number of benzene rings is 7. The van der Waals surface area contributed by atoms with Crippen LogP contribution in [0.15, 0.2) is 188 Å². The lowest BCUT2D eigenvalue weighted by molar-refractivity contribution is 0.803. The monoisotopic (exact) mass is 677 g/mol. The third-order valence-corrected chi connectivity index (χ3v) is 12.3. The van der Waals surface area contributed by atoms with Crippen molar-refractivity contribution in [3.63, 3.8) is 0 Å². The molecule has 2 heterocycles. The topological polar surface area (TPSA) is 12.9 Å². The number of rotatable bonds is 4. The van der Waals surface area contributed by atoms with E-state index in [2.05, 4.69) is 188 Å². The molecule has 52 heavy (non-hydrogen) atoms. The van der Waals surface area contributed by atoms with Gasteiger partial charge in [-0.2, -0.15) is 0 Å². The first-order valence-corrected chi connectivity index (χ1v) is 18.7. The molecule has 0 bridgehead atoms. The zero-order chi connectivity index (χ0) is 34.2. The molecule has 1 nitrogen and oxygen atoms in total. The Morgan fingerprint density at radius 2 is 0.865 bits per heavy atom. The SMILES string of the molecule is c1ccc(-c2cc(-c3ccc(-c4ccc5c(c4)-c4sc6ccccc6c4C54c5ccccc5-c5ccccc54)cc3)cc(-c3ccccc3)n2)cc1. The molecule has 0 amide bonds. The summed E-state index contributed by atoms with van der Waals surface area (Å²) in [4.78, 5) is 6.48. The fourth-order valence-corrected chi connectivity index (χ4v) is 10.1. The Labute approximate surface area is 307 Å². The van der Waals surface area contributed by atoms with Gasteiger partial charge in [0.1, 0.15) is 0 Å². The Hall–Kier alpha value is -6.35. The summed E-state index contributed by atoms with van der Waals surface area (Å²) >= 11 is 1.94. The summed E-state index contributed by atoms with van der Waals surface area (Å²) in [6.07, 6.45) is 0. The third kappa shape index (κ3) is 4.19. The van der Waals surface area contributed by atoms with Gasteiger partial charge in [0, 0.05) is 20.7 Å². The van der Waals surface area contributed by atoms with Gasteiger partial charge in [-0.1, -0.05) is 164 Å². The minimum atomic E-state index is -0.339. The first-order valence-electron chi connectivity index (χ1n) is 17.9. The Kier molecular flexibility index (Phi) is 6.40. The summed E-state index contributed by atoms with van der Waals surface area (Å²) < 4.78 is 1.34. The van der Waals surface area contributed by atoms with Crippen LogP contribution in [0.5, 0.6) is 0 Å². The average molecular weight is 678 g/mol. The van der Waals surface area contributed by atoms with E-state index in [4.69, 9.17) is 4.98 Å². The number of hydrogen-bond donors (Lipinski definition) is 0. The molecule has 2 aromatic heterocycles. The van der Waals surface area contributed by atoms with Crippen molar-refractivity contribution in [2.45, 2.75) is 5.41 Å². The molecule has 11 rings (SSSR count). The van der Waals surface area contributed by atoms with Crippen LogP contribution in [0.25, 0.3) is 76.4 Å². The van der Waals surface area contributed by atoms with Crippen molar-refractivity contribution in [2.24, 2.45) is 0 Å². The van der Waals surface area contributed by atoms with Crippen molar-refractivity contribution in [3.05, 3.63) is 210 Å². The van der Waals surface area contributed by atoms with Gasteiger partial charge in [-0.3, -0.25) is 0 Å². The highest BCUT2D eigenvalue weighted by molar-refractivity contribution is 7.22. The fraction of sp³-hybridized carbons (Fsp3) is 0.0200. The second-order valence-electron chi connectivity index (χ2n) is 13.8. The summed E-state index contributed by atoms with van der Waals surface area (Å²) in [5.74, 6) is 0. The highest BCUT2D eigenvalue weighted by Crippen LogP contribution is 2.66. The first kappa shape index (κ1) is 29.4. The Morgan fingerprint density at radius 3 is 1.50 bits per heavy atom. The number of thiophene rings is 1. The predicted octanol–water partition coefficient (Wildman–Crippen LogP) is 13.3. The molecule has 0 saturated heterocycles. The Morgan fingerprint density at radius 1 is 0.365 bits per heavy atom. The molecule has 7 aromatic carbocycles. The van der Waals surface area contributed by atoms with Crippen LogP contribution in [0, 0.1) is 0 Å². The van der Waals surface area contributed by atoms with Gasteiger partial charge in [0.05, 0.1) is 16.8 Å². The van der Waals surface area contributed by atoms with Gasteiger partial charge < -0.3 is 0 Å². The molecule has 242 valence electrons. The fourth-order valence-electron chi connectivity index (χ4n) is 8.84. The highest BCUT2D eigenvalue weighted by Gasteiger charge is 2.53. The molecule has 2 aliphatic rings. The molecular weight excluding hydrogens is 647 g/mol. The van der Waals surface area contributed by atoms with Crippen LogP contribution in [0.1, 0.15) is 22.3 Å². The molecular formula is C50H31NS. The maximum absolute atomic E-state index is 5.09. The van der Waals surface area contributed by atoms with E-state index in [0.29, 0.717) is 0 Å². The van der Waals surface area contributed by atoms with Gasteiger partial charge in [0.25, 0.3) is 0 Å². The van der Waals surface area contributed by atoms with E-state index < -0.39 is 0 Å². The van der Waals surface area contributed by atoms with Crippen molar-refractivity contribution in [1.82, 2.24) is 4.98 Å². The lowest BCUT2D eigenvalue weighted by atomic mass is 9.70. The standard InChI is InChI=1S/C50H31NS/c1-3-13-34(14-4-1)45-30-37(31-46(51-45)35-15-5-2-6-16-35)33-25-23-32(24-26-33)36-27-28-44-41(29-36)49-48(40-19-9-12-22-47(40)52-49)50(44)42-20-10-7-17-38(42)39-18-8-11-21-43(39)50/h1-31H. The minimum absolute atomic E-state index is 0.339. The molecule has 0 fully saturated rings. The number of fused-ring (bicyclic) bond motifs is 12. The summed E-state index contributed by atoms with van der Waals surface area (Å²) in [7, 11) is 0. The number of aromatic nitrogens is 1. The van der Waals surface area contributed by atoms with Gasteiger partial charge in [-0.15, -0.1) is 11.3 Å². The predicted molar refractivity (Wildman–Crippen MR) is 218 cm³/mol. The van der Waals surface area contributed by atoms with Crippen LogP contribution < -0.4 is 0 Å². The Balaban J connectivity index is 1.06. The number of hydrogen-bond acceptors (Lipinski definition) is 2. The van der Waals surface area contributed by atoms with Crippen LogP contribution >= 0.6 is 11.3 Å². The maximum atomic E-state index is 5.09. The second-order valence-corrected chi connectivity index (χ2v) is 14.9. The second kappa shape index (κ2) is 11.3. The highest BCUT2D eigenvalue weighted by atomic mass is 32.1. The van der Waals surface area contributed by atoms with Crippen LogP contribution in [-0.2, 0) is 5.41 Å². The molecule has 0 atom stereocenters. The van der Waals surface area contributed by atoms with Crippen molar-refractivity contribution in [3.8, 4) is 66.3 Å². The van der Waals surface area contributed by atoms with Crippen LogP contribution in [0.3, 0.4) is 0 Å². The van der Waals surface area contributed by atoms with E-state index in [9.17, 15) is 0 Å². The van der Waals surface area contributed by atoms with Crippen LogP contribution in [0.4, 0.5) is 0 Å². The normalized spacial score (nSPS) is 13.2. The van der Waals surface area contributed by atoms with E-state index in [1.807, 2.05) is 11.3 Å². The van der Waals surface area contributed by atoms with E-state index in [-0.39, 0.29) is 5.41 Å². The van der Waals surface area contributed by atoms with Crippen molar-refractivity contribution in [2.75, 3.05) is 0 Å². The summed E-state index contributed by atoms with van der Waals surface area (Å²) in [5.41, 5.74) is 18.2. The third-order valence-electron chi connectivity index (χ3n) is 11.1. The Bertz CT molecular complexity index is 2730. The van der Waals surface area contributed by atoms with Gasteiger partial charge in [-0.05, 0) is 90.8 Å². The first-order chi connectivity index (χ1) is 25.8. The van der Waals surface area contributed by atoms with E-state index in [0.717, 1.165) is 28.1 Å². The van der Waals surface area contributed by atoms with E-state index >= 15 is 0 Å². The number of pyridine rings is 1. The summed E-state index contributed by atoms with van der Waals surface area (Å²) in [6, 6.07) is 68.7. The quantitative estimate of drug-likeness (QED) is 0.181. The molecule has 2 heteroatoms. The average Bonchev–Trinajstić information content (AvgIpc) is 3.85. The molecule has 0 unspecified atom stereocenters. The molecule has 0 radical (unpaired) electrons. The van der Waals surface area contributed by atoms with E-state index in [1.54, 1.807) is 0 Å². The lowest BCUT2D eigenvalue weighted by Gasteiger charge is -2.30. The molecule has 0 N–H and O–H groups in total. The largest absolute Gasteiger partial charge is 0.248 e. The smallest absolute Gasteiger partial charge is 0.0740 e. The van der Waals surface area contributed by atoms with Crippen LogP contribution in [-0.4, -0.2) is 4.98 Å². The lowest BCUT2D eigenvalue weighted by Crippen LogP contribution is -2.25. The molecule has 0 saturated carbocycles. The zero-order valence-electron chi connectivity index (χ0n) is 28.3. The zero-order valence-corrected chi connectivity index (χ0v) is 29.1. The van der Waals surface area contributed by atoms with Crippen LogP contribution in [0.2, 0.25) is 0 Å². The van der Waals surface area contributed by atoms with Crippen molar-refractivity contribution >= 4 is 21.4 Å². The number of nitrogens with zero attached hydrogens (tertiary/aromatic N) is 1. The van der Waals surface area contributed by atoms with E-state index in [1.165, 1.54) is 70.6 Å². The minimum Gasteiger partial charge on any atom is -0.248 e. The van der Waals surface area contributed by atoms with Gasteiger partial charge in [0.2, 0.25) is 0 Å². The van der Waals surface area contributed by atoms with Gasteiger partial charge in [0.15, 0.2) is 0 Å². The molecule has 0 aliphatic heterocycles. The molecule has 9 aromatic rings. The summed E-state index contributed by atoms with van der Waals surface area (Å²) in [6.45, 7) is 0.